The Labute approximate surface area is 150 Å². The molecule has 0 saturated carbocycles. The van der Waals surface area contributed by atoms with Gasteiger partial charge in [-0.1, -0.05) is 6.42 Å². The molecule has 3 saturated heterocycles. The van der Waals surface area contributed by atoms with Crippen LogP contribution in [0.2, 0.25) is 0 Å². The normalized spacial score (nSPS) is 29.0. The molecule has 13 heteroatoms. The predicted octanol–water partition coefficient (Wildman–Crippen LogP) is -1.64. The van der Waals surface area contributed by atoms with Crippen molar-refractivity contribution in [2.24, 2.45) is 5.84 Å². The van der Waals surface area contributed by atoms with E-state index in [0.29, 0.717) is 23.0 Å². The summed E-state index contributed by atoms with van der Waals surface area (Å²) in [5, 5.41) is 4.08. The summed E-state index contributed by atoms with van der Waals surface area (Å²) in [5.74, 6) is 4.42. The van der Waals surface area contributed by atoms with Crippen LogP contribution in [0.25, 0.3) is 0 Å². The zero-order chi connectivity index (χ0) is 19.1. The van der Waals surface area contributed by atoms with Crippen molar-refractivity contribution in [1.29, 1.82) is 0 Å². The van der Waals surface area contributed by atoms with Gasteiger partial charge < -0.3 is 10.2 Å². The van der Waals surface area contributed by atoms with Crippen molar-refractivity contribution >= 4 is 28.2 Å². The van der Waals surface area contributed by atoms with Gasteiger partial charge in [-0.05, 0) is 32.2 Å². The number of nitrogens with zero attached hydrogens (tertiary/aromatic N) is 3. The van der Waals surface area contributed by atoms with E-state index in [1.165, 1.54) is 0 Å². The fraction of sp³-hybridized carbons (Fsp3) is 0.769. The molecule has 3 fully saturated rings. The highest BCUT2D eigenvalue weighted by Gasteiger charge is 2.50. The largest absolute Gasteiger partial charge is 0.418 e. The number of hydrogen-bond donors (Lipinski definition) is 3. The van der Waals surface area contributed by atoms with Crippen LogP contribution in [-0.2, 0) is 24.3 Å². The minimum Gasteiger partial charge on any atom is -0.309 e. The Bertz CT molecular complexity index is 708. The van der Waals surface area contributed by atoms with Gasteiger partial charge in [0.05, 0.1) is 12.1 Å². The molecule has 26 heavy (non-hydrogen) atoms. The molecule has 0 unspecified atom stereocenters. The fourth-order valence-electron chi connectivity index (χ4n) is 3.59. The van der Waals surface area contributed by atoms with Gasteiger partial charge in [0.25, 0.3) is 11.8 Å². The summed E-state index contributed by atoms with van der Waals surface area (Å²) in [4.78, 5) is 38.4. The number of urea groups is 1. The minimum atomic E-state index is -4.87. The zero-order valence-corrected chi connectivity index (χ0v) is 14.7. The number of carbonyl (C=O) groups excluding carboxylic acids is 3. The second-order valence-corrected chi connectivity index (χ2v) is 7.56. The van der Waals surface area contributed by atoms with E-state index in [4.69, 9.17) is 10.4 Å². The molecule has 0 spiro atoms. The highest BCUT2D eigenvalue weighted by Crippen LogP contribution is 2.31. The van der Waals surface area contributed by atoms with Gasteiger partial charge in [-0.15, -0.1) is 4.28 Å². The molecular weight excluding hydrogens is 370 g/mol. The smallest absolute Gasteiger partial charge is 0.309 e. The summed E-state index contributed by atoms with van der Waals surface area (Å²) in [5.41, 5.74) is 0. The first-order valence-corrected chi connectivity index (χ1v) is 9.68. The van der Waals surface area contributed by atoms with Crippen molar-refractivity contribution < 1.29 is 31.6 Å². The van der Waals surface area contributed by atoms with Gasteiger partial charge in [0, 0.05) is 6.54 Å². The number of hydrogen-bond acceptors (Lipinski definition) is 8. The van der Waals surface area contributed by atoms with Gasteiger partial charge in [-0.2, -0.15) is 13.5 Å². The van der Waals surface area contributed by atoms with Crippen LogP contribution < -0.4 is 11.2 Å². The van der Waals surface area contributed by atoms with E-state index in [-0.39, 0.29) is 19.4 Å². The van der Waals surface area contributed by atoms with Gasteiger partial charge in [-0.25, -0.2) is 15.6 Å². The van der Waals surface area contributed by atoms with Gasteiger partial charge in [0.2, 0.25) is 0 Å². The molecule has 4 N–H and O–H groups in total. The van der Waals surface area contributed by atoms with E-state index in [2.05, 4.69) is 9.60 Å². The molecule has 0 aromatic heterocycles. The zero-order valence-electron chi connectivity index (χ0n) is 13.9. The molecule has 3 aliphatic heterocycles. The maximum atomic E-state index is 12.6. The summed E-state index contributed by atoms with van der Waals surface area (Å²) in [6.45, 7) is 0.699. The lowest BCUT2D eigenvalue weighted by Gasteiger charge is -2.33. The van der Waals surface area contributed by atoms with Crippen LogP contribution in [0.15, 0.2) is 0 Å². The Morgan fingerprint density at radius 3 is 2.58 bits per heavy atom. The molecule has 3 aliphatic rings. The highest BCUT2D eigenvalue weighted by molar-refractivity contribution is 7.80. The average Bonchev–Trinajstić information content (AvgIpc) is 2.84. The Morgan fingerprint density at radius 1 is 1.23 bits per heavy atom. The topological polar surface area (TPSA) is 163 Å². The number of nitrogens with two attached hydrogens (primary N) is 1. The van der Waals surface area contributed by atoms with E-state index in [9.17, 15) is 22.8 Å². The molecule has 146 valence electrons. The van der Waals surface area contributed by atoms with Crippen molar-refractivity contribution in [3.8, 4) is 0 Å². The predicted molar refractivity (Wildman–Crippen MR) is 85.1 cm³/mol. The van der Waals surface area contributed by atoms with E-state index in [1.54, 1.807) is 0 Å². The second-order valence-electron chi connectivity index (χ2n) is 6.56. The van der Waals surface area contributed by atoms with Crippen LogP contribution in [0.4, 0.5) is 4.79 Å². The van der Waals surface area contributed by atoms with Crippen molar-refractivity contribution in [1.82, 2.24) is 20.3 Å². The molecule has 12 nitrogen and oxygen atoms in total. The minimum absolute atomic E-state index is 0.0362. The maximum absolute atomic E-state index is 12.6. The van der Waals surface area contributed by atoms with Crippen LogP contribution in [-0.4, -0.2) is 77.0 Å². The number of hydrazine groups is 1. The van der Waals surface area contributed by atoms with Crippen molar-refractivity contribution in [2.45, 2.75) is 50.2 Å². The number of fused-ring (bicyclic) bond motifs is 2. The summed E-state index contributed by atoms with van der Waals surface area (Å²) in [6, 6.07) is -3.02. The lowest BCUT2D eigenvalue weighted by molar-refractivity contribution is -0.150. The molecule has 0 aromatic rings. The Kier molecular flexibility index (Phi) is 5.16. The van der Waals surface area contributed by atoms with Gasteiger partial charge in [0.15, 0.2) is 0 Å². The summed E-state index contributed by atoms with van der Waals surface area (Å²) in [6.07, 6.45) is 2.82. The van der Waals surface area contributed by atoms with Crippen LogP contribution in [0.1, 0.15) is 32.1 Å². The third-order valence-electron chi connectivity index (χ3n) is 4.87. The summed E-state index contributed by atoms with van der Waals surface area (Å²) < 4.78 is 34.8. The fourth-order valence-corrected chi connectivity index (χ4v) is 3.98. The summed E-state index contributed by atoms with van der Waals surface area (Å²) in [7, 11) is -4.87. The van der Waals surface area contributed by atoms with Crippen molar-refractivity contribution in [2.75, 3.05) is 13.1 Å². The van der Waals surface area contributed by atoms with Gasteiger partial charge >= 0.3 is 16.4 Å². The molecule has 2 bridgehead atoms. The molecular formula is C13H21N5O7S. The number of hydroxylamine groups is 2. The first kappa shape index (κ1) is 19.0. The molecule has 0 aliphatic carbocycles. The van der Waals surface area contributed by atoms with E-state index in [0.717, 1.165) is 17.7 Å². The lowest BCUT2D eigenvalue weighted by atomic mass is 9.99. The van der Waals surface area contributed by atoms with E-state index < -0.39 is 46.4 Å². The molecule has 0 aromatic carbocycles. The second kappa shape index (κ2) is 7.08. The van der Waals surface area contributed by atoms with Crippen LogP contribution in [0.5, 0.6) is 0 Å². The first-order chi connectivity index (χ1) is 12.2. The average molecular weight is 391 g/mol. The summed E-state index contributed by atoms with van der Waals surface area (Å²) >= 11 is 0. The standard InChI is InChI=1S/C13H21N5O7S/c14-17(11(19)9-3-1-2-6-15-9)12(20)10-5-4-8-7-16(10)13(21)18(8)25-26(22,23)24/h8-10,15H,1-7,14H2,(H,22,23,24)/t8-,9+,10+/m1/s1. The number of amides is 4. The first-order valence-electron chi connectivity index (χ1n) is 8.32. The number of piperidine rings is 2. The van der Waals surface area contributed by atoms with Crippen LogP contribution in [0, 0.1) is 0 Å². The number of imide groups is 1. The van der Waals surface area contributed by atoms with Gasteiger partial charge in [-0.3, -0.25) is 14.1 Å². The molecule has 3 rings (SSSR count). The number of carbonyl (C=O) groups is 3. The molecule has 3 atom stereocenters. The number of nitrogens with one attached hydrogen (secondary N) is 1. The van der Waals surface area contributed by atoms with Crippen LogP contribution >= 0.6 is 0 Å². The third-order valence-corrected chi connectivity index (χ3v) is 5.21. The van der Waals surface area contributed by atoms with Crippen LogP contribution in [0.3, 0.4) is 0 Å². The van der Waals surface area contributed by atoms with Crippen molar-refractivity contribution in [3.63, 3.8) is 0 Å². The van der Waals surface area contributed by atoms with E-state index in [1.807, 2.05) is 0 Å². The molecule has 0 radical (unpaired) electrons. The number of rotatable bonds is 4. The van der Waals surface area contributed by atoms with Gasteiger partial charge in [0.1, 0.15) is 6.04 Å². The quantitative estimate of drug-likeness (QED) is 0.168. The lowest BCUT2D eigenvalue weighted by Crippen LogP contribution is -2.59. The maximum Gasteiger partial charge on any atom is 0.418 e. The Morgan fingerprint density at radius 2 is 1.96 bits per heavy atom. The SMILES string of the molecule is NN(C(=O)[C@@H]1CCCCN1)C(=O)[C@@H]1CC[C@@H]2CN1C(=O)N2OS(=O)(=O)O. The van der Waals surface area contributed by atoms with Crippen molar-refractivity contribution in [3.05, 3.63) is 0 Å². The highest BCUT2D eigenvalue weighted by atomic mass is 32.3. The Hall–Kier alpha value is -1.80. The monoisotopic (exact) mass is 391 g/mol. The Balaban J connectivity index is 1.69. The molecule has 4 amide bonds. The third kappa shape index (κ3) is 3.66. The van der Waals surface area contributed by atoms with E-state index >= 15 is 0 Å². The molecule has 3 heterocycles.